The lowest BCUT2D eigenvalue weighted by atomic mass is 10.1. The van der Waals surface area contributed by atoms with Crippen LogP contribution < -0.4 is 0 Å². The van der Waals surface area contributed by atoms with Gasteiger partial charge < -0.3 is 14.7 Å². The van der Waals surface area contributed by atoms with Crippen LogP contribution >= 0.6 is 0 Å². The van der Waals surface area contributed by atoms with Gasteiger partial charge in [0.05, 0.1) is 5.56 Å². The van der Waals surface area contributed by atoms with Crippen LogP contribution in [0.3, 0.4) is 0 Å². The average Bonchev–Trinajstić information content (AvgIpc) is 3.06. The topological polar surface area (TPSA) is 66.8 Å². The summed E-state index contributed by atoms with van der Waals surface area (Å²) in [4.78, 5) is 24.9. The molecule has 100 valence electrons. The van der Waals surface area contributed by atoms with Crippen molar-refractivity contribution in [3.63, 3.8) is 0 Å². The molecule has 2 heterocycles. The van der Waals surface area contributed by atoms with Crippen LogP contribution in [-0.4, -0.2) is 34.6 Å². The Balaban J connectivity index is 1.76. The number of carbonyl (C=O) groups is 2. The van der Waals surface area contributed by atoms with Crippen molar-refractivity contribution >= 4 is 11.9 Å². The smallest absolute Gasteiger partial charge is 0.335 e. The van der Waals surface area contributed by atoms with Gasteiger partial charge in [0.1, 0.15) is 6.10 Å². The SMILES string of the molecule is O=C(O)c1ccc2c(c1)CN(C(=O)[C@@H]1CCCO1)C2. The minimum atomic E-state index is -0.938. The summed E-state index contributed by atoms with van der Waals surface area (Å²) in [5, 5.41) is 8.96. The molecule has 1 fully saturated rings. The number of hydrogen-bond donors (Lipinski definition) is 1. The fourth-order valence-corrected chi connectivity index (χ4v) is 2.66. The number of aromatic carboxylic acids is 1. The molecule has 5 nitrogen and oxygen atoms in total. The Morgan fingerprint density at radius 1 is 1.26 bits per heavy atom. The van der Waals surface area contributed by atoms with Crippen LogP contribution in [0.5, 0.6) is 0 Å². The lowest BCUT2D eigenvalue weighted by Crippen LogP contribution is -2.35. The molecule has 0 bridgehead atoms. The van der Waals surface area contributed by atoms with Crippen molar-refractivity contribution in [2.45, 2.75) is 32.0 Å². The van der Waals surface area contributed by atoms with E-state index in [1.165, 1.54) is 0 Å². The third kappa shape index (κ3) is 2.21. The molecule has 2 aliphatic rings. The minimum absolute atomic E-state index is 0.0191. The van der Waals surface area contributed by atoms with Gasteiger partial charge in [-0.3, -0.25) is 4.79 Å². The van der Waals surface area contributed by atoms with Gasteiger partial charge in [-0.1, -0.05) is 6.07 Å². The minimum Gasteiger partial charge on any atom is -0.478 e. The molecular weight excluding hydrogens is 246 g/mol. The zero-order valence-electron chi connectivity index (χ0n) is 10.5. The van der Waals surface area contributed by atoms with Crippen molar-refractivity contribution < 1.29 is 19.4 Å². The van der Waals surface area contributed by atoms with Crippen molar-refractivity contribution in [3.8, 4) is 0 Å². The summed E-state index contributed by atoms with van der Waals surface area (Å²) in [5.74, 6) is -0.919. The Bertz CT molecular complexity index is 534. The molecule has 1 aromatic carbocycles. The Labute approximate surface area is 110 Å². The zero-order chi connectivity index (χ0) is 13.4. The summed E-state index contributed by atoms with van der Waals surface area (Å²) in [7, 11) is 0. The third-order valence-electron chi connectivity index (χ3n) is 3.69. The molecule has 1 amide bonds. The molecular formula is C14H15NO4. The van der Waals surface area contributed by atoms with Crippen LogP contribution in [0.1, 0.15) is 34.3 Å². The highest BCUT2D eigenvalue weighted by Gasteiger charge is 2.31. The summed E-state index contributed by atoms with van der Waals surface area (Å²) in [5.41, 5.74) is 2.22. The molecule has 0 aliphatic carbocycles. The molecule has 5 heteroatoms. The van der Waals surface area contributed by atoms with Crippen molar-refractivity contribution in [2.24, 2.45) is 0 Å². The molecule has 0 unspecified atom stereocenters. The van der Waals surface area contributed by atoms with E-state index in [0.29, 0.717) is 19.7 Å². The molecule has 1 N–H and O–H groups in total. The van der Waals surface area contributed by atoms with E-state index in [2.05, 4.69) is 0 Å². The first-order valence-corrected chi connectivity index (χ1v) is 6.40. The Morgan fingerprint density at radius 2 is 2.05 bits per heavy atom. The first-order valence-electron chi connectivity index (χ1n) is 6.40. The lowest BCUT2D eigenvalue weighted by molar-refractivity contribution is -0.141. The molecule has 1 saturated heterocycles. The largest absolute Gasteiger partial charge is 0.478 e. The molecule has 3 rings (SSSR count). The standard InChI is InChI=1S/C14H15NO4/c16-13(12-2-1-5-19-12)15-7-10-4-3-9(14(17)18)6-11(10)8-15/h3-4,6,12H,1-2,5,7-8H2,(H,17,18)/t12-/m0/s1. The molecule has 2 aliphatic heterocycles. The predicted molar refractivity (Wildman–Crippen MR) is 66.6 cm³/mol. The van der Waals surface area contributed by atoms with Gasteiger partial charge in [-0.25, -0.2) is 4.79 Å². The van der Waals surface area contributed by atoms with E-state index < -0.39 is 5.97 Å². The van der Waals surface area contributed by atoms with E-state index in [4.69, 9.17) is 9.84 Å². The van der Waals surface area contributed by atoms with Gasteiger partial charge in [-0.15, -0.1) is 0 Å². The molecule has 0 saturated carbocycles. The van der Waals surface area contributed by atoms with Gasteiger partial charge in [0, 0.05) is 19.7 Å². The third-order valence-corrected chi connectivity index (χ3v) is 3.69. The molecule has 0 aromatic heterocycles. The van der Waals surface area contributed by atoms with Gasteiger partial charge in [-0.05, 0) is 36.1 Å². The number of amides is 1. The van der Waals surface area contributed by atoms with Gasteiger partial charge in [0.15, 0.2) is 0 Å². The fourth-order valence-electron chi connectivity index (χ4n) is 2.66. The van der Waals surface area contributed by atoms with Crippen molar-refractivity contribution in [1.29, 1.82) is 0 Å². The maximum Gasteiger partial charge on any atom is 0.335 e. The van der Waals surface area contributed by atoms with Crippen LogP contribution in [0.25, 0.3) is 0 Å². The fraction of sp³-hybridized carbons (Fsp3) is 0.429. The maximum atomic E-state index is 12.2. The normalized spacial score (nSPS) is 21.5. The van der Waals surface area contributed by atoms with Crippen LogP contribution in [-0.2, 0) is 22.6 Å². The van der Waals surface area contributed by atoms with Gasteiger partial charge >= 0.3 is 5.97 Å². The summed E-state index contributed by atoms with van der Waals surface area (Å²) in [6, 6.07) is 5.03. The van der Waals surface area contributed by atoms with Gasteiger partial charge in [-0.2, -0.15) is 0 Å². The monoisotopic (exact) mass is 261 g/mol. The molecule has 19 heavy (non-hydrogen) atoms. The number of carboxylic acid groups (broad SMARTS) is 1. The quantitative estimate of drug-likeness (QED) is 0.874. The van der Waals surface area contributed by atoms with E-state index in [-0.39, 0.29) is 17.6 Å². The van der Waals surface area contributed by atoms with E-state index in [1.54, 1.807) is 23.1 Å². The molecule has 1 aromatic rings. The first kappa shape index (κ1) is 12.2. The van der Waals surface area contributed by atoms with Crippen molar-refractivity contribution in [1.82, 2.24) is 4.90 Å². The average molecular weight is 261 g/mol. The number of fused-ring (bicyclic) bond motifs is 1. The second-order valence-electron chi connectivity index (χ2n) is 4.98. The van der Waals surface area contributed by atoms with Crippen LogP contribution in [0.2, 0.25) is 0 Å². The molecule has 0 spiro atoms. The second kappa shape index (κ2) is 4.66. The van der Waals surface area contributed by atoms with Crippen LogP contribution in [0, 0.1) is 0 Å². The Kier molecular flexibility index (Phi) is 2.98. The zero-order valence-corrected chi connectivity index (χ0v) is 10.5. The van der Waals surface area contributed by atoms with Crippen LogP contribution in [0.15, 0.2) is 18.2 Å². The highest BCUT2D eigenvalue weighted by atomic mass is 16.5. The van der Waals surface area contributed by atoms with Crippen LogP contribution in [0.4, 0.5) is 0 Å². The summed E-state index contributed by atoms with van der Waals surface area (Å²) in [6.07, 6.45) is 1.40. The Morgan fingerprint density at radius 3 is 2.74 bits per heavy atom. The summed E-state index contributed by atoms with van der Waals surface area (Å²) < 4.78 is 5.40. The van der Waals surface area contributed by atoms with E-state index in [1.807, 2.05) is 0 Å². The van der Waals surface area contributed by atoms with Gasteiger partial charge in [0.2, 0.25) is 0 Å². The number of hydrogen-bond acceptors (Lipinski definition) is 3. The Hall–Kier alpha value is -1.88. The molecule has 0 radical (unpaired) electrons. The predicted octanol–water partition coefficient (Wildman–Crippen LogP) is 1.41. The number of nitrogens with zero attached hydrogens (tertiary/aromatic N) is 1. The number of carboxylic acids is 1. The molecule has 1 atom stereocenters. The highest BCUT2D eigenvalue weighted by Crippen LogP contribution is 2.26. The second-order valence-corrected chi connectivity index (χ2v) is 4.98. The van der Waals surface area contributed by atoms with E-state index in [9.17, 15) is 9.59 Å². The van der Waals surface area contributed by atoms with E-state index in [0.717, 1.165) is 24.0 Å². The van der Waals surface area contributed by atoms with Crippen molar-refractivity contribution in [3.05, 3.63) is 34.9 Å². The lowest BCUT2D eigenvalue weighted by Gasteiger charge is -2.19. The number of carbonyl (C=O) groups excluding carboxylic acids is 1. The first-order chi connectivity index (χ1) is 9.15. The summed E-state index contributed by atoms with van der Waals surface area (Å²) >= 11 is 0. The van der Waals surface area contributed by atoms with Gasteiger partial charge in [0.25, 0.3) is 5.91 Å². The van der Waals surface area contributed by atoms with E-state index >= 15 is 0 Å². The maximum absolute atomic E-state index is 12.2. The van der Waals surface area contributed by atoms with Crippen molar-refractivity contribution in [2.75, 3.05) is 6.61 Å². The summed E-state index contributed by atoms with van der Waals surface area (Å²) in [6.45, 7) is 1.68. The highest BCUT2D eigenvalue weighted by molar-refractivity contribution is 5.88. The number of rotatable bonds is 2. The number of ether oxygens (including phenoxy) is 1. The number of benzene rings is 1.